The second-order valence-corrected chi connectivity index (χ2v) is 5.62. The van der Waals surface area contributed by atoms with Gasteiger partial charge in [0.1, 0.15) is 0 Å². The fourth-order valence-corrected chi connectivity index (χ4v) is 2.71. The fraction of sp³-hybridized carbons (Fsp3) is 0.500. The molecule has 0 bridgehead atoms. The largest absolute Gasteiger partial charge is 0.478 e. The van der Waals surface area contributed by atoms with Crippen molar-refractivity contribution in [2.45, 2.75) is 32.5 Å². The van der Waals surface area contributed by atoms with E-state index in [0.717, 1.165) is 0 Å². The molecule has 19 heavy (non-hydrogen) atoms. The molecule has 1 aromatic carbocycles. The van der Waals surface area contributed by atoms with Crippen molar-refractivity contribution in [1.82, 2.24) is 0 Å². The summed E-state index contributed by atoms with van der Waals surface area (Å²) in [4.78, 5) is 13.4. The van der Waals surface area contributed by atoms with Gasteiger partial charge in [-0.3, -0.25) is 0 Å². The summed E-state index contributed by atoms with van der Waals surface area (Å²) in [6, 6.07) is 4.98. The zero-order valence-corrected chi connectivity index (χ0v) is 11.5. The Morgan fingerprint density at radius 2 is 2.21 bits per heavy atom. The lowest BCUT2D eigenvalue weighted by Crippen LogP contribution is -2.52. The summed E-state index contributed by atoms with van der Waals surface area (Å²) in [6.45, 7) is 7.22. The van der Waals surface area contributed by atoms with Crippen LogP contribution in [0, 0.1) is 0 Å². The Morgan fingerprint density at radius 3 is 2.79 bits per heavy atom. The van der Waals surface area contributed by atoms with E-state index in [0.29, 0.717) is 24.5 Å². The van der Waals surface area contributed by atoms with Crippen molar-refractivity contribution in [2.75, 3.05) is 23.7 Å². The number of hydrogen-bond acceptors (Lipinski definition) is 4. The molecule has 5 nitrogen and oxygen atoms in total. The van der Waals surface area contributed by atoms with Crippen LogP contribution in [-0.4, -0.2) is 35.9 Å². The van der Waals surface area contributed by atoms with Crippen LogP contribution >= 0.6 is 0 Å². The highest BCUT2D eigenvalue weighted by Gasteiger charge is 2.33. The average Bonchev–Trinajstić information content (AvgIpc) is 2.25. The smallest absolute Gasteiger partial charge is 0.337 e. The van der Waals surface area contributed by atoms with Crippen molar-refractivity contribution < 1.29 is 14.6 Å². The van der Waals surface area contributed by atoms with Crippen LogP contribution in [0.25, 0.3) is 0 Å². The highest BCUT2D eigenvalue weighted by atomic mass is 16.5. The summed E-state index contributed by atoms with van der Waals surface area (Å²) in [6.07, 6.45) is 0.0324. The molecule has 1 aromatic rings. The van der Waals surface area contributed by atoms with Gasteiger partial charge in [-0.15, -0.1) is 0 Å². The number of rotatable bonds is 2. The molecule has 0 saturated carbocycles. The SMILES string of the molecule is CC1CN(c2c(N)cccc2C(=O)O)CC(C)(C)O1. The summed E-state index contributed by atoms with van der Waals surface area (Å²) >= 11 is 0. The van der Waals surface area contributed by atoms with E-state index in [4.69, 9.17) is 10.5 Å². The molecule has 1 aliphatic heterocycles. The van der Waals surface area contributed by atoms with Crippen LogP contribution in [0.15, 0.2) is 18.2 Å². The van der Waals surface area contributed by atoms with Crippen LogP contribution in [-0.2, 0) is 4.74 Å². The van der Waals surface area contributed by atoms with Gasteiger partial charge < -0.3 is 20.5 Å². The van der Waals surface area contributed by atoms with Crippen LogP contribution in [0.5, 0.6) is 0 Å². The molecule has 1 atom stereocenters. The Bertz CT molecular complexity index is 499. The molecule has 0 aromatic heterocycles. The van der Waals surface area contributed by atoms with Gasteiger partial charge >= 0.3 is 5.97 Å². The minimum Gasteiger partial charge on any atom is -0.478 e. The van der Waals surface area contributed by atoms with E-state index in [1.165, 1.54) is 0 Å². The van der Waals surface area contributed by atoms with Crippen molar-refractivity contribution in [3.05, 3.63) is 23.8 Å². The lowest BCUT2D eigenvalue weighted by atomic mass is 10.0. The summed E-state index contributed by atoms with van der Waals surface area (Å²) in [5, 5.41) is 9.30. The first kappa shape index (κ1) is 13.7. The molecule has 1 fully saturated rings. The highest BCUT2D eigenvalue weighted by Crippen LogP contribution is 2.32. The first-order valence-corrected chi connectivity index (χ1v) is 6.35. The maximum Gasteiger partial charge on any atom is 0.337 e. The van der Waals surface area contributed by atoms with Gasteiger partial charge in [-0.1, -0.05) is 6.07 Å². The molecule has 0 amide bonds. The number of hydrogen-bond donors (Lipinski definition) is 2. The molecule has 5 heteroatoms. The number of carboxylic acid groups (broad SMARTS) is 1. The minimum atomic E-state index is -0.959. The van der Waals surface area contributed by atoms with Gasteiger partial charge in [-0.2, -0.15) is 0 Å². The molecule has 1 saturated heterocycles. The monoisotopic (exact) mass is 264 g/mol. The third kappa shape index (κ3) is 2.81. The first-order valence-electron chi connectivity index (χ1n) is 6.35. The Kier molecular flexibility index (Phi) is 3.41. The van der Waals surface area contributed by atoms with Crippen LogP contribution in [0.2, 0.25) is 0 Å². The number of aromatic carboxylic acids is 1. The summed E-state index contributed by atoms with van der Waals surface area (Å²) in [7, 11) is 0. The number of anilines is 2. The molecular weight excluding hydrogens is 244 g/mol. The van der Waals surface area contributed by atoms with Crippen LogP contribution in [0.3, 0.4) is 0 Å². The van der Waals surface area contributed by atoms with E-state index in [1.54, 1.807) is 18.2 Å². The lowest BCUT2D eigenvalue weighted by molar-refractivity contribution is -0.0749. The molecule has 0 aliphatic carbocycles. The minimum absolute atomic E-state index is 0.0324. The average molecular weight is 264 g/mol. The third-order valence-corrected chi connectivity index (χ3v) is 3.18. The Labute approximate surface area is 113 Å². The molecule has 3 N–H and O–H groups in total. The molecule has 1 aliphatic rings. The van der Waals surface area contributed by atoms with E-state index < -0.39 is 5.97 Å². The van der Waals surface area contributed by atoms with E-state index >= 15 is 0 Å². The summed E-state index contributed by atoms with van der Waals surface area (Å²) < 4.78 is 5.84. The van der Waals surface area contributed by atoms with Gasteiger partial charge in [0.05, 0.1) is 28.6 Å². The van der Waals surface area contributed by atoms with Crippen molar-refractivity contribution in [1.29, 1.82) is 0 Å². The van der Waals surface area contributed by atoms with Crippen molar-refractivity contribution in [3.8, 4) is 0 Å². The quantitative estimate of drug-likeness (QED) is 0.799. The van der Waals surface area contributed by atoms with Crippen molar-refractivity contribution in [2.24, 2.45) is 0 Å². The molecule has 104 valence electrons. The Hall–Kier alpha value is -1.75. The van der Waals surface area contributed by atoms with E-state index in [2.05, 4.69) is 0 Å². The van der Waals surface area contributed by atoms with E-state index in [-0.39, 0.29) is 17.3 Å². The summed E-state index contributed by atoms with van der Waals surface area (Å²) in [5.41, 5.74) is 6.98. The topological polar surface area (TPSA) is 75.8 Å². The van der Waals surface area contributed by atoms with Gasteiger partial charge in [0.25, 0.3) is 0 Å². The molecule has 1 unspecified atom stereocenters. The third-order valence-electron chi connectivity index (χ3n) is 3.18. The van der Waals surface area contributed by atoms with Gasteiger partial charge in [-0.25, -0.2) is 4.79 Å². The van der Waals surface area contributed by atoms with Crippen LogP contribution in [0.4, 0.5) is 11.4 Å². The normalized spacial score (nSPS) is 22.3. The Morgan fingerprint density at radius 1 is 1.53 bits per heavy atom. The zero-order valence-electron chi connectivity index (χ0n) is 11.5. The molecule has 0 radical (unpaired) electrons. The first-order chi connectivity index (χ1) is 8.80. The Balaban J connectivity index is 2.43. The number of nitrogens with zero attached hydrogens (tertiary/aromatic N) is 1. The molecular formula is C14H20N2O3. The number of carboxylic acids is 1. The number of morpholine rings is 1. The lowest BCUT2D eigenvalue weighted by Gasteiger charge is -2.43. The molecule has 2 rings (SSSR count). The zero-order chi connectivity index (χ0) is 14.2. The van der Waals surface area contributed by atoms with E-state index in [9.17, 15) is 9.90 Å². The van der Waals surface area contributed by atoms with Gasteiger partial charge in [0.15, 0.2) is 0 Å². The maximum atomic E-state index is 11.3. The predicted octanol–water partition coefficient (Wildman–Crippen LogP) is 1.97. The highest BCUT2D eigenvalue weighted by molar-refractivity contribution is 5.98. The molecule has 0 spiro atoms. The number of ether oxygens (including phenoxy) is 1. The molecule has 1 heterocycles. The van der Waals surface area contributed by atoms with Crippen molar-refractivity contribution in [3.63, 3.8) is 0 Å². The maximum absolute atomic E-state index is 11.3. The number of carbonyl (C=O) groups is 1. The number of nitrogens with two attached hydrogens (primary N) is 1. The second kappa shape index (κ2) is 4.74. The van der Waals surface area contributed by atoms with Gasteiger partial charge in [-0.05, 0) is 32.9 Å². The van der Waals surface area contributed by atoms with Crippen LogP contribution < -0.4 is 10.6 Å². The fourth-order valence-electron chi connectivity index (χ4n) is 2.71. The number of nitrogen functional groups attached to an aromatic ring is 1. The predicted molar refractivity (Wildman–Crippen MR) is 74.7 cm³/mol. The van der Waals surface area contributed by atoms with E-state index in [1.807, 2.05) is 25.7 Å². The standard InChI is InChI=1S/C14H20N2O3/c1-9-7-16(8-14(2,3)19-9)12-10(13(17)18)5-4-6-11(12)15/h4-6,9H,7-8,15H2,1-3H3,(H,17,18). The summed E-state index contributed by atoms with van der Waals surface area (Å²) in [5.74, 6) is -0.959. The number of benzene rings is 1. The van der Waals surface area contributed by atoms with Crippen molar-refractivity contribution >= 4 is 17.3 Å². The van der Waals surface area contributed by atoms with Crippen LogP contribution in [0.1, 0.15) is 31.1 Å². The number of para-hydroxylation sites is 1. The van der Waals surface area contributed by atoms with Gasteiger partial charge in [0, 0.05) is 13.1 Å². The second-order valence-electron chi connectivity index (χ2n) is 5.62. The van der Waals surface area contributed by atoms with Gasteiger partial charge in [0.2, 0.25) is 0 Å².